The standard InChI is InChI=1S/C16H17ClFN5O/c17-10-7-11(22-14-4-6-19-9-20-14)15(24)23-12(10)8-21-16(23)5-2-1-3-13(16)18/h4,6-7,9,13,21H,1-3,5,8H2,(H,19,20,22). The van der Waals surface area contributed by atoms with Crippen LogP contribution in [0.1, 0.15) is 31.4 Å². The zero-order chi connectivity index (χ0) is 16.7. The van der Waals surface area contributed by atoms with Crippen LogP contribution in [0.4, 0.5) is 15.9 Å². The molecule has 0 saturated heterocycles. The molecule has 2 aromatic rings. The van der Waals surface area contributed by atoms with Gasteiger partial charge in [-0.1, -0.05) is 18.0 Å². The van der Waals surface area contributed by atoms with Gasteiger partial charge in [-0.25, -0.2) is 14.4 Å². The average Bonchev–Trinajstić information content (AvgIpc) is 2.97. The van der Waals surface area contributed by atoms with E-state index in [1.54, 1.807) is 18.3 Å². The van der Waals surface area contributed by atoms with Crippen LogP contribution in [0.2, 0.25) is 5.02 Å². The predicted molar refractivity (Wildman–Crippen MR) is 89.2 cm³/mol. The van der Waals surface area contributed by atoms with Gasteiger partial charge < -0.3 is 5.32 Å². The van der Waals surface area contributed by atoms with Gasteiger partial charge >= 0.3 is 0 Å². The molecule has 6 nitrogen and oxygen atoms in total. The zero-order valence-electron chi connectivity index (χ0n) is 12.9. The van der Waals surface area contributed by atoms with Gasteiger partial charge in [0.15, 0.2) is 0 Å². The van der Waals surface area contributed by atoms with Crippen LogP contribution < -0.4 is 16.2 Å². The van der Waals surface area contributed by atoms with Crippen molar-refractivity contribution < 1.29 is 4.39 Å². The van der Waals surface area contributed by atoms with Gasteiger partial charge in [0.2, 0.25) is 0 Å². The number of anilines is 2. The number of nitrogens with one attached hydrogen (secondary N) is 2. The third kappa shape index (κ3) is 2.31. The molecule has 2 aliphatic rings. The molecule has 3 heterocycles. The van der Waals surface area contributed by atoms with E-state index in [1.807, 2.05) is 0 Å². The lowest BCUT2D eigenvalue weighted by molar-refractivity contribution is 0.0466. The van der Waals surface area contributed by atoms with E-state index in [0.29, 0.717) is 35.9 Å². The minimum atomic E-state index is -1.12. The monoisotopic (exact) mass is 349 g/mol. The molecule has 1 aliphatic carbocycles. The maximum atomic E-state index is 14.8. The molecule has 2 N–H and O–H groups in total. The third-order valence-corrected chi connectivity index (χ3v) is 5.17. The molecule has 2 atom stereocenters. The number of rotatable bonds is 2. The van der Waals surface area contributed by atoms with E-state index in [4.69, 9.17) is 11.6 Å². The van der Waals surface area contributed by atoms with Crippen LogP contribution in [0.5, 0.6) is 0 Å². The Morgan fingerprint density at radius 1 is 1.46 bits per heavy atom. The second kappa shape index (κ2) is 5.82. The maximum absolute atomic E-state index is 14.8. The van der Waals surface area contributed by atoms with Crippen molar-refractivity contribution >= 4 is 23.1 Å². The Balaban J connectivity index is 1.83. The van der Waals surface area contributed by atoms with Crippen LogP contribution in [-0.4, -0.2) is 20.7 Å². The number of fused-ring (bicyclic) bond motifs is 2. The van der Waals surface area contributed by atoms with Crippen LogP contribution in [0.15, 0.2) is 29.5 Å². The molecule has 24 heavy (non-hydrogen) atoms. The summed E-state index contributed by atoms with van der Waals surface area (Å²) in [6.07, 6.45) is 4.58. The topological polar surface area (TPSA) is 71.8 Å². The van der Waals surface area contributed by atoms with Gasteiger partial charge in [-0.3, -0.25) is 14.7 Å². The Morgan fingerprint density at radius 2 is 2.33 bits per heavy atom. The highest BCUT2D eigenvalue weighted by Crippen LogP contribution is 2.40. The number of aromatic nitrogens is 3. The van der Waals surface area contributed by atoms with Crippen molar-refractivity contribution in [1.82, 2.24) is 19.9 Å². The summed E-state index contributed by atoms with van der Waals surface area (Å²) >= 11 is 6.37. The first-order valence-electron chi connectivity index (χ1n) is 7.99. The molecule has 2 aromatic heterocycles. The number of hydrogen-bond acceptors (Lipinski definition) is 5. The molecular weight excluding hydrogens is 333 g/mol. The van der Waals surface area contributed by atoms with Crippen molar-refractivity contribution in [3.05, 3.63) is 45.7 Å². The molecule has 0 bridgehead atoms. The average molecular weight is 350 g/mol. The Hall–Kier alpha value is -1.99. The molecule has 0 aromatic carbocycles. The molecule has 0 amide bonds. The highest BCUT2D eigenvalue weighted by Gasteiger charge is 2.48. The highest BCUT2D eigenvalue weighted by atomic mass is 35.5. The van der Waals surface area contributed by atoms with E-state index in [0.717, 1.165) is 12.8 Å². The first kappa shape index (κ1) is 15.5. The van der Waals surface area contributed by atoms with E-state index in [1.165, 1.54) is 10.9 Å². The molecule has 8 heteroatoms. The lowest BCUT2D eigenvalue weighted by Crippen LogP contribution is -2.55. The summed E-state index contributed by atoms with van der Waals surface area (Å²) in [6.45, 7) is 0.391. The van der Waals surface area contributed by atoms with Gasteiger partial charge in [0.25, 0.3) is 5.56 Å². The molecule has 2 unspecified atom stereocenters. The second-order valence-electron chi connectivity index (χ2n) is 6.20. The summed E-state index contributed by atoms with van der Waals surface area (Å²) in [7, 11) is 0. The lowest BCUT2D eigenvalue weighted by Gasteiger charge is -2.38. The van der Waals surface area contributed by atoms with Gasteiger partial charge in [0.05, 0.1) is 10.7 Å². The molecule has 1 fully saturated rings. The molecule has 4 rings (SSSR count). The van der Waals surface area contributed by atoms with Crippen LogP contribution in [0.3, 0.4) is 0 Å². The number of nitrogens with zero attached hydrogens (tertiary/aromatic N) is 3. The third-order valence-electron chi connectivity index (χ3n) is 4.84. The normalized spacial score (nSPS) is 25.7. The summed E-state index contributed by atoms with van der Waals surface area (Å²) in [5, 5.41) is 6.61. The largest absolute Gasteiger partial charge is 0.336 e. The SMILES string of the molecule is O=c1c(Nc2ccncn2)cc(Cl)c2n1C1(CCCCC1F)NC2. The Bertz CT molecular complexity index is 827. The van der Waals surface area contributed by atoms with Crippen LogP contribution in [0.25, 0.3) is 0 Å². The van der Waals surface area contributed by atoms with Crippen molar-refractivity contribution in [3.63, 3.8) is 0 Å². The Labute approximate surface area is 143 Å². The van der Waals surface area contributed by atoms with Crippen LogP contribution in [0, 0.1) is 0 Å². The Kier molecular flexibility index (Phi) is 3.77. The first-order chi connectivity index (χ1) is 11.6. The fourth-order valence-electron chi connectivity index (χ4n) is 3.68. The zero-order valence-corrected chi connectivity index (χ0v) is 13.7. The number of alkyl halides is 1. The van der Waals surface area contributed by atoms with Gasteiger partial charge in [-0.05, 0) is 31.4 Å². The number of hydrogen-bond donors (Lipinski definition) is 2. The van der Waals surface area contributed by atoms with E-state index in [2.05, 4.69) is 20.6 Å². The molecule has 1 saturated carbocycles. The molecule has 126 valence electrons. The van der Waals surface area contributed by atoms with Crippen molar-refractivity contribution in [2.24, 2.45) is 0 Å². The minimum Gasteiger partial charge on any atom is -0.336 e. The Morgan fingerprint density at radius 3 is 3.08 bits per heavy atom. The van der Waals surface area contributed by atoms with Gasteiger partial charge in [-0.15, -0.1) is 0 Å². The molecule has 1 spiro atoms. The fourth-order valence-corrected chi connectivity index (χ4v) is 3.94. The van der Waals surface area contributed by atoms with Crippen molar-refractivity contribution in [2.45, 2.75) is 44.1 Å². The van der Waals surface area contributed by atoms with Crippen LogP contribution >= 0.6 is 11.6 Å². The summed E-state index contributed by atoms with van der Waals surface area (Å²) in [5.74, 6) is 0.485. The van der Waals surface area contributed by atoms with E-state index >= 15 is 0 Å². The quantitative estimate of drug-likeness (QED) is 0.872. The van der Waals surface area contributed by atoms with Gasteiger partial charge in [0.1, 0.15) is 29.7 Å². The highest BCUT2D eigenvalue weighted by molar-refractivity contribution is 6.31. The molecular formula is C16H17ClFN5O. The van der Waals surface area contributed by atoms with Gasteiger partial charge in [0, 0.05) is 12.7 Å². The van der Waals surface area contributed by atoms with E-state index in [-0.39, 0.29) is 11.2 Å². The first-order valence-corrected chi connectivity index (χ1v) is 8.37. The fraction of sp³-hybridized carbons (Fsp3) is 0.438. The smallest absolute Gasteiger partial charge is 0.276 e. The van der Waals surface area contributed by atoms with Crippen molar-refractivity contribution in [1.29, 1.82) is 0 Å². The molecule has 1 aliphatic heterocycles. The van der Waals surface area contributed by atoms with E-state index < -0.39 is 11.8 Å². The molecule has 0 radical (unpaired) electrons. The minimum absolute atomic E-state index is 0.281. The predicted octanol–water partition coefficient (Wildman–Crippen LogP) is 2.70. The van der Waals surface area contributed by atoms with E-state index in [9.17, 15) is 9.18 Å². The van der Waals surface area contributed by atoms with Crippen molar-refractivity contribution in [3.8, 4) is 0 Å². The number of halogens is 2. The lowest BCUT2D eigenvalue weighted by atomic mass is 9.87. The van der Waals surface area contributed by atoms with Crippen LogP contribution in [-0.2, 0) is 12.2 Å². The summed E-state index contributed by atoms with van der Waals surface area (Å²) in [5.41, 5.74) is -0.359. The van der Waals surface area contributed by atoms with Gasteiger partial charge in [-0.2, -0.15) is 0 Å². The maximum Gasteiger partial charge on any atom is 0.276 e. The van der Waals surface area contributed by atoms with Crippen molar-refractivity contribution in [2.75, 3.05) is 5.32 Å². The summed E-state index contributed by atoms with van der Waals surface area (Å²) in [4.78, 5) is 20.9. The second-order valence-corrected chi connectivity index (χ2v) is 6.61. The summed E-state index contributed by atoms with van der Waals surface area (Å²) in [6, 6.07) is 3.23. The summed E-state index contributed by atoms with van der Waals surface area (Å²) < 4.78 is 16.3. The number of pyridine rings is 1.